The highest BCUT2D eigenvalue weighted by Crippen LogP contribution is 2.16. The van der Waals surface area contributed by atoms with E-state index in [2.05, 4.69) is 33.1 Å². The second-order valence-corrected chi connectivity index (χ2v) is 4.96. The molecule has 0 radical (unpaired) electrons. The summed E-state index contributed by atoms with van der Waals surface area (Å²) in [6.45, 7) is 13.5. The van der Waals surface area contributed by atoms with Crippen LogP contribution in [0.4, 0.5) is 0 Å². The van der Waals surface area contributed by atoms with Crippen LogP contribution in [0.1, 0.15) is 52.9 Å². The van der Waals surface area contributed by atoms with Gasteiger partial charge in [0.15, 0.2) is 0 Å². The third kappa shape index (κ3) is 8.49. The fraction of sp³-hybridized carbons (Fsp3) is 0.600. The topological polar surface area (TPSA) is 20.2 Å². The molecule has 1 unspecified atom stereocenters. The van der Waals surface area contributed by atoms with Crippen LogP contribution in [0.15, 0.2) is 36.5 Å². The summed E-state index contributed by atoms with van der Waals surface area (Å²) < 4.78 is 0. The van der Waals surface area contributed by atoms with Crippen LogP contribution in [-0.4, -0.2) is 10.7 Å². The summed E-state index contributed by atoms with van der Waals surface area (Å²) in [5.74, 6) is 0. The Morgan fingerprint density at radius 2 is 1.94 bits per heavy atom. The first-order valence-corrected chi connectivity index (χ1v) is 6.03. The van der Waals surface area contributed by atoms with Crippen molar-refractivity contribution in [1.29, 1.82) is 0 Å². The Hall–Kier alpha value is -0.820. The SMILES string of the molecule is C=CC(C)(O)CC/C=C(\C)CCCC(=C)C. The van der Waals surface area contributed by atoms with Crippen LogP contribution in [0, 0.1) is 0 Å². The molecule has 0 aromatic heterocycles. The van der Waals surface area contributed by atoms with Crippen molar-refractivity contribution in [2.45, 2.75) is 58.5 Å². The van der Waals surface area contributed by atoms with Gasteiger partial charge >= 0.3 is 0 Å². The fourth-order valence-electron chi connectivity index (χ4n) is 1.48. The van der Waals surface area contributed by atoms with E-state index in [-0.39, 0.29) is 0 Å². The summed E-state index contributed by atoms with van der Waals surface area (Å²) in [5, 5.41) is 9.73. The Morgan fingerprint density at radius 3 is 2.44 bits per heavy atom. The minimum Gasteiger partial charge on any atom is -0.386 e. The van der Waals surface area contributed by atoms with Gasteiger partial charge in [-0.1, -0.05) is 23.3 Å². The molecule has 1 atom stereocenters. The number of hydrogen-bond donors (Lipinski definition) is 1. The average Bonchev–Trinajstić information content (AvgIpc) is 2.17. The van der Waals surface area contributed by atoms with E-state index in [4.69, 9.17) is 0 Å². The van der Waals surface area contributed by atoms with Gasteiger partial charge < -0.3 is 5.11 Å². The molecule has 0 heterocycles. The highest BCUT2D eigenvalue weighted by Gasteiger charge is 2.13. The Kier molecular flexibility index (Phi) is 7.07. The van der Waals surface area contributed by atoms with E-state index in [0.717, 1.165) is 25.7 Å². The van der Waals surface area contributed by atoms with Crippen LogP contribution < -0.4 is 0 Å². The van der Waals surface area contributed by atoms with Gasteiger partial charge in [0.1, 0.15) is 0 Å². The van der Waals surface area contributed by atoms with Crippen molar-refractivity contribution in [3.63, 3.8) is 0 Å². The fourth-order valence-corrected chi connectivity index (χ4v) is 1.48. The lowest BCUT2D eigenvalue weighted by molar-refractivity contribution is 0.103. The quantitative estimate of drug-likeness (QED) is 0.604. The van der Waals surface area contributed by atoms with E-state index >= 15 is 0 Å². The van der Waals surface area contributed by atoms with Crippen LogP contribution in [0.2, 0.25) is 0 Å². The predicted molar refractivity (Wildman–Crippen MR) is 72.5 cm³/mol. The molecular weight excluding hydrogens is 196 g/mol. The number of aliphatic hydroxyl groups is 1. The van der Waals surface area contributed by atoms with Gasteiger partial charge in [-0.05, 0) is 52.9 Å². The Morgan fingerprint density at radius 1 is 1.31 bits per heavy atom. The molecule has 0 amide bonds. The van der Waals surface area contributed by atoms with Crippen LogP contribution in [-0.2, 0) is 0 Å². The minimum absolute atomic E-state index is 0.728. The molecule has 0 fully saturated rings. The van der Waals surface area contributed by atoms with E-state index in [0.29, 0.717) is 0 Å². The van der Waals surface area contributed by atoms with E-state index in [1.165, 1.54) is 17.6 Å². The van der Waals surface area contributed by atoms with Crippen molar-refractivity contribution >= 4 is 0 Å². The lowest BCUT2D eigenvalue weighted by atomic mass is 9.99. The number of hydrogen-bond acceptors (Lipinski definition) is 1. The standard InChI is InChI=1S/C15H26O/c1-6-15(5,16)12-8-11-14(4)10-7-9-13(2)3/h6,11,16H,1-2,7-10,12H2,3-5H3/b14-11+. The normalized spacial score (nSPS) is 15.6. The summed E-state index contributed by atoms with van der Waals surface area (Å²) >= 11 is 0. The van der Waals surface area contributed by atoms with E-state index < -0.39 is 5.60 Å². The molecule has 0 rings (SSSR count). The molecule has 1 nitrogen and oxygen atoms in total. The Labute approximate surface area is 101 Å². The van der Waals surface area contributed by atoms with Crippen molar-refractivity contribution in [2.75, 3.05) is 0 Å². The molecule has 0 aliphatic rings. The van der Waals surface area contributed by atoms with Crippen molar-refractivity contribution in [3.8, 4) is 0 Å². The molecule has 0 aliphatic heterocycles. The summed E-state index contributed by atoms with van der Waals surface area (Å²) in [6, 6.07) is 0. The summed E-state index contributed by atoms with van der Waals surface area (Å²) in [4.78, 5) is 0. The average molecular weight is 222 g/mol. The van der Waals surface area contributed by atoms with Gasteiger partial charge in [-0.15, -0.1) is 13.2 Å². The highest BCUT2D eigenvalue weighted by atomic mass is 16.3. The van der Waals surface area contributed by atoms with Crippen molar-refractivity contribution in [3.05, 3.63) is 36.5 Å². The van der Waals surface area contributed by atoms with Gasteiger partial charge in [0.25, 0.3) is 0 Å². The molecule has 1 heteroatoms. The van der Waals surface area contributed by atoms with Gasteiger partial charge in [-0.3, -0.25) is 0 Å². The summed E-state index contributed by atoms with van der Waals surface area (Å²) in [7, 11) is 0. The van der Waals surface area contributed by atoms with Crippen molar-refractivity contribution < 1.29 is 5.11 Å². The van der Waals surface area contributed by atoms with E-state index in [1.807, 2.05) is 0 Å². The second-order valence-electron chi connectivity index (χ2n) is 4.96. The third-order valence-corrected chi connectivity index (χ3v) is 2.76. The summed E-state index contributed by atoms with van der Waals surface area (Å²) in [5.41, 5.74) is 1.93. The second kappa shape index (κ2) is 7.45. The maximum absolute atomic E-state index is 9.73. The highest BCUT2D eigenvalue weighted by molar-refractivity contribution is 5.01. The van der Waals surface area contributed by atoms with Gasteiger partial charge in [-0.2, -0.15) is 0 Å². The van der Waals surface area contributed by atoms with Crippen LogP contribution in [0.5, 0.6) is 0 Å². The van der Waals surface area contributed by atoms with Crippen LogP contribution in [0.25, 0.3) is 0 Å². The molecule has 16 heavy (non-hydrogen) atoms. The van der Waals surface area contributed by atoms with Crippen molar-refractivity contribution in [2.24, 2.45) is 0 Å². The van der Waals surface area contributed by atoms with E-state index in [9.17, 15) is 5.11 Å². The smallest absolute Gasteiger partial charge is 0.0800 e. The molecule has 1 N–H and O–H groups in total. The van der Waals surface area contributed by atoms with Gasteiger partial charge in [0.2, 0.25) is 0 Å². The molecular formula is C15H26O. The molecule has 92 valence electrons. The monoisotopic (exact) mass is 222 g/mol. The first kappa shape index (κ1) is 15.2. The van der Waals surface area contributed by atoms with Crippen molar-refractivity contribution in [1.82, 2.24) is 0 Å². The molecule has 0 aliphatic carbocycles. The summed E-state index contributed by atoms with van der Waals surface area (Å²) in [6.07, 6.45) is 8.90. The largest absolute Gasteiger partial charge is 0.386 e. The third-order valence-electron chi connectivity index (χ3n) is 2.76. The van der Waals surface area contributed by atoms with Gasteiger partial charge in [0.05, 0.1) is 5.60 Å². The zero-order valence-electron chi connectivity index (χ0n) is 11.1. The molecule has 0 aromatic carbocycles. The maximum atomic E-state index is 9.73. The minimum atomic E-state index is -0.728. The molecule has 0 bridgehead atoms. The lowest BCUT2D eigenvalue weighted by Crippen LogP contribution is -2.19. The Balaban J connectivity index is 3.79. The van der Waals surface area contributed by atoms with Gasteiger partial charge in [0, 0.05) is 0 Å². The molecule has 0 spiro atoms. The first-order valence-electron chi connectivity index (χ1n) is 6.03. The Bertz CT molecular complexity index is 259. The van der Waals surface area contributed by atoms with Crippen LogP contribution in [0.3, 0.4) is 0 Å². The predicted octanol–water partition coefficient (Wildman–Crippen LogP) is 4.40. The zero-order valence-corrected chi connectivity index (χ0v) is 11.1. The first-order chi connectivity index (χ1) is 7.37. The number of rotatable bonds is 8. The molecule has 0 saturated heterocycles. The van der Waals surface area contributed by atoms with E-state index in [1.54, 1.807) is 13.0 Å². The van der Waals surface area contributed by atoms with Gasteiger partial charge in [-0.25, -0.2) is 0 Å². The zero-order chi connectivity index (χ0) is 12.6. The lowest BCUT2D eigenvalue weighted by Gasteiger charge is -2.16. The number of allylic oxidation sites excluding steroid dienone is 3. The molecule has 0 saturated carbocycles. The van der Waals surface area contributed by atoms with Crippen LogP contribution >= 0.6 is 0 Å². The molecule has 0 aromatic rings. The maximum Gasteiger partial charge on any atom is 0.0800 e.